The molecule has 0 atom stereocenters. The van der Waals surface area contributed by atoms with E-state index in [1.165, 1.54) is 5.56 Å². The molecule has 1 aromatic heterocycles. The molecule has 3 nitrogen and oxygen atoms in total. The molecule has 0 saturated heterocycles. The molecule has 2 N–H and O–H groups in total. The van der Waals surface area contributed by atoms with Crippen LogP contribution in [0.3, 0.4) is 0 Å². The summed E-state index contributed by atoms with van der Waals surface area (Å²) >= 11 is 3.56. The smallest absolute Gasteiger partial charge is 0.0715 e. The Balaban J connectivity index is 2.51. The van der Waals surface area contributed by atoms with E-state index in [0.29, 0.717) is 6.54 Å². The van der Waals surface area contributed by atoms with Crippen molar-refractivity contribution in [3.8, 4) is 11.1 Å². The van der Waals surface area contributed by atoms with Gasteiger partial charge in [0, 0.05) is 29.7 Å². The van der Waals surface area contributed by atoms with Gasteiger partial charge in [0.05, 0.1) is 5.69 Å². The molecule has 0 aliphatic carbocycles. The summed E-state index contributed by atoms with van der Waals surface area (Å²) in [5, 5.41) is 4.43. The van der Waals surface area contributed by atoms with Crippen molar-refractivity contribution in [3.63, 3.8) is 0 Å². The minimum atomic E-state index is 0.620. The van der Waals surface area contributed by atoms with Crippen molar-refractivity contribution in [2.45, 2.75) is 6.42 Å². The second-order valence-corrected chi connectivity index (χ2v) is 4.54. The van der Waals surface area contributed by atoms with Gasteiger partial charge < -0.3 is 5.73 Å². The summed E-state index contributed by atoms with van der Waals surface area (Å²) in [6.07, 6.45) is 2.84. The van der Waals surface area contributed by atoms with Gasteiger partial charge in [-0.1, -0.05) is 34.1 Å². The van der Waals surface area contributed by atoms with E-state index in [1.807, 2.05) is 36.1 Å². The van der Waals surface area contributed by atoms with Gasteiger partial charge in [-0.25, -0.2) is 0 Å². The Morgan fingerprint density at radius 1 is 1.31 bits per heavy atom. The molecule has 0 bridgehead atoms. The molecule has 0 unspecified atom stereocenters. The molecule has 4 heteroatoms. The van der Waals surface area contributed by atoms with E-state index < -0.39 is 0 Å². The van der Waals surface area contributed by atoms with E-state index in [0.717, 1.165) is 22.2 Å². The second-order valence-electron chi connectivity index (χ2n) is 3.68. The lowest BCUT2D eigenvalue weighted by Gasteiger charge is -2.03. The maximum absolute atomic E-state index is 5.59. The highest BCUT2D eigenvalue weighted by atomic mass is 79.9. The molecule has 0 fully saturated rings. The summed E-state index contributed by atoms with van der Waals surface area (Å²) < 4.78 is 2.92. The number of aromatic nitrogens is 2. The van der Waals surface area contributed by atoms with Gasteiger partial charge in [0.15, 0.2) is 0 Å². The van der Waals surface area contributed by atoms with Crippen LogP contribution in [0.25, 0.3) is 11.1 Å². The van der Waals surface area contributed by atoms with Gasteiger partial charge in [-0.05, 0) is 18.2 Å². The Bertz CT molecular complexity index is 491. The predicted molar refractivity (Wildman–Crippen MR) is 69.1 cm³/mol. The van der Waals surface area contributed by atoms with E-state index in [-0.39, 0.29) is 0 Å². The van der Waals surface area contributed by atoms with Crippen LogP contribution in [-0.2, 0) is 13.5 Å². The van der Waals surface area contributed by atoms with Gasteiger partial charge in [0.1, 0.15) is 0 Å². The molecule has 1 aromatic carbocycles. The van der Waals surface area contributed by atoms with E-state index >= 15 is 0 Å². The van der Waals surface area contributed by atoms with Crippen LogP contribution < -0.4 is 5.73 Å². The first kappa shape index (κ1) is 11.4. The van der Waals surface area contributed by atoms with Crippen LogP contribution in [-0.4, -0.2) is 16.3 Å². The molecule has 84 valence electrons. The van der Waals surface area contributed by atoms with Crippen LogP contribution in [0, 0.1) is 0 Å². The highest BCUT2D eigenvalue weighted by Crippen LogP contribution is 2.30. The van der Waals surface area contributed by atoms with Gasteiger partial charge in [-0.3, -0.25) is 4.68 Å². The third-order valence-electron chi connectivity index (χ3n) is 2.45. The molecule has 2 rings (SSSR count). The minimum absolute atomic E-state index is 0.620. The van der Waals surface area contributed by atoms with Crippen LogP contribution in [0.4, 0.5) is 0 Å². The Morgan fingerprint density at radius 2 is 2.06 bits per heavy atom. The number of hydrogen-bond acceptors (Lipinski definition) is 2. The normalized spacial score (nSPS) is 10.7. The van der Waals surface area contributed by atoms with Crippen molar-refractivity contribution in [2.24, 2.45) is 12.8 Å². The van der Waals surface area contributed by atoms with Gasteiger partial charge in [0.25, 0.3) is 0 Å². The molecule has 1 heterocycles. The van der Waals surface area contributed by atoms with Crippen LogP contribution in [0.15, 0.2) is 34.9 Å². The zero-order valence-electron chi connectivity index (χ0n) is 9.15. The molecular weight excluding hydrogens is 266 g/mol. The Labute approximate surface area is 103 Å². The van der Waals surface area contributed by atoms with Crippen molar-refractivity contribution < 1.29 is 0 Å². The van der Waals surface area contributed by atoms with E-state index in [4.69, 9.17) is 5.73 Å². The number of benzene rings is 1. The standard InChI is InChI=1S/C12H14BrN3/c1-16-8-10(12(15-16)6-7-14)9-4-2-3-5-11(9)13/h2-5,8H,6-7,14H2,1H3. The maximum atomic E-state index is 5.59. The number of hydrogen-bond donors (Lipinski definition) is 1. The monoisotopic (exact) mass is 279 g/mol. The second kappa shape index (κ2) is 4.80. The van der Waals surface area contributed by atoms with Gasteiger partial charge in [-0.2, -0.15) is 5.10 Å². The van der Waals surface area contributed by atoms with Crippen LogP contribution >= 0.6 is 15.9 Å². The van der Waals surface area contributed by atoms with Crippen molar-refractivity contribution in [3.05, 3.63) is 40.6 Å². The highest BCUT2D eigenvalue weighted by Gasteiger charge is 2.11. The average molecular weight is 280 g/mol. The maximum Gasteiger partial charge on any atom is 0.0715 e. The molecule has 0 spiro atoms. The summed E-state index contributed by atoms with van der Waals surface area (Å²) in [5.41, 5.74) is 8.97. The van der Waals surface area contributed by atoms with Crippen molar-refractivity contribution in [1.82, 2.24) is 9.78 Å². The zero-order chi connectivity index (χ0) is 11.5. The largest absolute Gasteiger partial charge is 0.330 e. The third-order valence-corrected chi connectivity index (χ3v) is 3.14. The first-order valence-electron chi connectivity index (χ1n) is 5.20. The molecule has 0 saturated carbocycles. The topological polar surface area (TPSA) is 43.8 Å². The summed E-state index contributed by atoms with van der Waals surface area (Å²) in [5.74, 6) is 0. The number of aryl methyl sites for hydroxylation is 1. The lowest BCUT2D eigenvalue weighted by Crippen LogP contribution is -2.04. The number of nitrogens with zero attached hydrogens (tertiary/aromatic N) is 2. The molecular formula is C12H14BrN3. The minimum Gasteiger partial charge on any atom is -0.330 e. The van der Waals surface area contributed by atoms with E-state index in [2.05, 4.69) is 27.1 Å². The average Bonchev–Trinajstić information content (AvgIpc) is 2.61. The summed E-state index contributed by atoms with van der Waals surface area (Å²) in [7, 11) is 1.93. The van der Waals surface area contributed by atoms with Crippen molar-refractivity contribution >= 4 is 15.9 Å². The zero-order valence-corrected chi connectivity index (χ0v) is 10.7. The van der Waals surface area contributed by atoms with Crippen molar-refractivity contribution in [1.29, 1.82) is 0 Å². The van der Waals surface area contributed by atoms with Gasteiger partial charge in [-0.15, -0.1) is 0 Å². The van der Waals surface area contributed by atoms with Crippen LogP contribution in [0.2, 0.25) is 0 Å². The Morgan fingerprint density at radius 3 is 2.75 bits per heavy atom. The first-order valence-corrected chi connectivity index (χ1v) is 5.99. The van der Waals surface area contributed by atoms with Gasteiger partial charge >= 0.3 is 0 Å². The Hall–Kier alpha value is -1.13. The molecule has 0 amide bonds. The van der Waals surface area contributed by atoms with Gasteiger partial charge in [0.2, 0.25) is 0 Å². The number of nitrogens with two attached hydrogens (primary N) is 1. The molecule has 0 radical (unpaired) electrons. The van der Waals surface area contributed by atoms with E-state index in [1.54, 1.807) is 0 Å². The van der Waals surface area contributed by atoms with E-state index in [9.17, 15) is 0 Å². The fraction of sp³-hybridized carbons (Fsp3) is 0.250. The fourth-order valence-corrected chi connectivity index (χ4v) is 2.26. The molecule has 16 heavy (non-hydrogen) atoms. The lowest BCUT2D eigenvalue weighted by molar-refractivity contribution is 0.739. The predicted octanol–water partition coefficient (Wildman–Crippen LogP) is 2.35. The van der Waals surface area contributed by atoms with Crippen LogP contribution in [0.5, 0.6) is 0 Å². The number of rotatable bonds is 3. The molecule has 0 aliphatic rings. The SMILES string of the molecule is Cn1cc(-c2ccccc2Br)c(CCN)n1. The Kier molecular flexibility index (Phi) is 3.41. The molecule has 0 aliphatic heterocycles. The van der Waals surface area contributed by atoms with Crippen LogP contribution in [0.1, 0.15) is 5.69 Å². The number of halogens is 1. The first-order chi connectivity index (χ1) is 7.72. The fourth-order valence-electron chi connectivity index (χ4n) is 1.76. The summed E-state index contributed by atoms with van der Waals surface area (Å²) in [4.78, 5) is 0. The summed E-state index contributed by atoms with van der Waals surface area (Å²) in [6.45, 7) is 0.620. The molecule has 2 aromatic rings. The lowest BCUT2D eigenvalue weighted by atomic mass is 10.1. The highest BCUT2D eigenvalue weighted by molar-refractivity contribution is 9.10. The quantitative estimate of drug-likeness (QED) is 0.938. The summed E-state index contributed by atoms with van der Waals surface area (Å²) in [6, 6.07) is 8.15. The van der Waals surface area contributed by atoms with Crippen molar-refractivity contribution in [2.75, 3.05) is 6.54 Å². The third kappa shape index (κ3) is 2.18.